The highest BCUT2D eigenvalue weighted by molar-refractivity contribution is 6.30. The molecule has 30 heavy (non-hydrogen) atoms. The first-order valence-electron chi connectivity index (χ1n) is 9.55. The van der Waals surface area contributed by atoms with Crippen molar-refractivity contribution in [2.24, 2.45) is 4.99 Å². The predicted molar refractivity (Wildman–Crippen MR) is 111 cm³/mol. The van der Waals surface area contributed by atoms with Crippen molar-refractivity contribution >= 4 is 34.2 Å². The molecule has 1 aliphatic heterocycles. The molecule has 1 saturated heterocycles. The Balaban J connectivity index is 1.81. The summed E-state index contributed by atoms with van der Waals surface area (Å²) < 4.78 is 31.1. The maximum Gasteiger partial charge on any atom is 0.256 e. The summed E-state index contributed by atoms with van der Waals surface area (Å²) in [5.74, 6) is -0.525. The van der Waals surface area contributed by atoms with Gasteiger partial charge in [-0.15, -0.1) is 0 Å². The van der Waals surface area contributed by atoms with E-state index in [2.05, 4.69) is 10.3 Å². The molecule has 1 aliphatic rings. The number of methoxy groups -OCH3 is 1. The van der Waals surface area contributed by atoms with E-state index in [0.29, 0.717) is 29.9 Å². The number of carbonyl (C=O) groups excluding carboxylic acids is 1. The molecule has 3 aromatic rings. The van der Waals surface area contributed by atoms with Gasteiger partial charge in [-0.1, -0.05) is 23.7 Å². The van der Waals surface area contributed by atoms with Crippen molar-refractivity contribution < 1.29 is 23.1 Å². The zero-order valence-corrected chi connectivity index (χ0v) is 17.0. The normalized spacial score (nSPS) is 16.8. The monoisotopic (exact) mass is 430 g/mol. The SMILES string of the molecule is COc1cccc2cc(C(=O)NCC3CCCO3)c(=Nc3ccc(Cl)cc3F)oc12. The zero-order chi connectivity index (χ0) is 21.1. The van der Waals surface area contributed by atoms with Crippen molar-refractivity contribution in [1.29, 1.82) is 0 Å². The van der Waals surface area contributed by atoms with E-state index in [1.165, 1.54) is 19.2 Å². The first-order chi connectivity index (χ1) is 14.5. The zero-order valence-electron chi connectivity index (χ0n) is 16.3. The average Bonchev–Trinajstić information content (AvgIpc) is 3.26. The van der Waals surface area contributed by atoms with Crippen molar-refractivity contribution in [1.82, 2.24) is 5.32 Å². The number of hydrogen-bond donors (Lipinski definition) is 1. The lowest BCUT2D eigenvalue weighted by Crippen LogP contribution is -2.34. The summed E-state index contributed by atoms with van der Waals surface area (Å²) in [7, 11) is 1.52. The highest BCUT2D eigenvalue weighted by atomic mass is 35.5. The summed E-state index contributed by atoms with van der Waals surface area (Å²) >= 11 is 5.83. The van der Waals surface area contributed by atoms with E-state index in [9.17, 15) is 9.18 Å². The molecule has 2 aromatic carbocycles. The smallest absolute Gasteiger partial charge is 0.256 e. The van der Waals surface area contributed by atoms with Gasteiger partial charge in [0.25, 0.3) is 5.91 Å². The lowest BCUT2D eigenvalue weighted by Gasteiger charge is -2.12. The molecule has 156 valence electrons. The third kappa shape index (κ3) is 4.32. The van der Waals surface area contributed by atoms with Gasteiger partial charge in [-0.25, -0.2) is 9.38 Å². The van der Waals surface area contributed by atoms with Crippen molar-refractivity contribution in [3.8, 4) is 5.75 Å². The Kier molecular flexibility index (Phi) is 6.01. The van der Waals surface area contributed by atoms with Crippen LogP contribution in [-0.4, -0.2) is 32.3 Å². The molecule has 6 nitrogen and oxygen atoms in total. The fourth-order valence-corrected chi connectivity index (χ4v) is 3.48. The van der Waals surface area contributed by atoms with Crippen LogP contribution < -0.4 is 15.6 Å². The van der Waals surface area contributed by atoms with E-state index in [-0.39, 0.29) is 33.8 Å². The first-order valence-corrected chi connectivity index (χ1v) is 9.93. The molecule has 0 bridgehead atoms. The minimum absolute atomic E-state index is 0.00516. The van der Waals surface area contributed by atoms with E-state index in [0.717, 1.165) is 18.9 Å². The Morgan fingerprint density at radius 1 is 1.33 bits per heavy atom. The lowest BCUT2D eigenvalue weighted by atomic mass is 10.1. The standard InChI is InChI=1S/C22H20ClFN2O4/c1-28-19-6-2-4-13-10-16(21(27)25-12-15-5-3-9-29-15)22(30-20(13)19)26-18-8-7-14(23)11-17(18)24/h2,4,6-8,10-11,15H,3,5,9,12H2,1H3,(H,25,27). The van der Waals surface area contributed by atoms with Crippen LogP contribution in [0.4, 0.5) is 10.1 Å². The largest absolute Gasteiger partial charge is 0.493 e. The van der Waals surface area contributed by atoms with Crippen LogP contribution in [0.15, 0.2) is 51.9 Å². The van der Waals surface area contributed by atoms with Gasteiger partial charge in [0.05, 0.1) is 13.2 Å². The van der Waals surface area contributed by atoms with Crippen molar-refractivity contribution in [3.63, 3.8) is 0 Å². The van der Waals surface area contributed by atoms with Crippen LogP contribution in [-0.2, 0) is 4.74 Å². The van der Waals surface area contributed by atoms with Crippen molar-refractivity contribution in [3.05, 3.63) is 64.4 Å². The molecule has 1 fully saturated rings. The number of carbonyl (C=O) groups is 1. The summed E-state index contributed by atoms with van der Waals surface area (Å²) in [5.41, 5.74) is 0.565. The number of rotatable bonds is 5. The fraction of sp³-hybridized carbons (Fsp3) is 0.273. The van der Waals surface area contributed by atoms with Gasteiger partial charge in [0.15, 0.2) is 11.3 Å². The van der Waals surface area contributed by atoms with Gasteiger partial charge in [-0.2, -0.15) is 0 Å². The highest BCUT2D eigenvalue weighted by Gasteiger charge is 2.19. The van der Waals surface area contributed by atoms with Gasteiger partial charge in [0, 0.05) is 23.6 Å². The van der Waals surface area contributed by atoms with E-state index in [1.54, 1.807) is 24.3 Å². The number of hydrogen-bond acceptors (Lipinski definition) is 5. The third-order valence-corrected chi connectivity index (χ3v) is 5.08. The van der Waals surface area contributed by atoms with Gasteiger partial charge < -0.3 is 19.2 Å². The van der Waals surface area contributed by atoms with E-state index < -0.39 is 5.82 Å². The number of fused-ring (bicyclic) bond motifs is 1. The molecule has 1 atom stereocenters. The Morgan fingerprint density at radius 3 is 2.93 bits per heavy atom. The van der Waals surface area contributed by atoms with Crippen molar-refractivity contribution in [2.75, 3.05) is 20.3 Å². The van der Waals surface area contributed by atoms with Crippen LogP contribution in [0.2, 0.25) is 5.02 Å². The maximum atomic E-state index is 14.3. The number of nitrogens with one attached hydrogen (secondary N) is 1. The number of amides is 1. The molecular weight excluding hydrogens is 411 g/mol. The van der Waals surface area contributed by atoms with Crippen LogP contribution in [0.25, 0.3) is 11.0 Å². The van der Waals surface area contributed by atoms with Gasteiger partial charge >= 0.3 is 0 Å². The average molecular weight is 431 g/mol. The van der Waals surface area contributed by atoms with Crippen LogP contribution in [0.5, 0.6) is 5.75 Å². The van der Waals surface area contributed by atoms with Crippen LogP contribution in [0.1, 0.15) is 23.2 Å². The summed E-state index contributed by atoms with van der Waals surface area (Å²) in [6.07, 6.45) is 1.86. The van der Waals surface area contributed by atoms with Crippen molar-refractivity contribution in [2.45, 2.75) is 18.9 Å². The molecule has 1 N–H and O–H groups in total. The second kappa shape index (κ2) is 8.85. The second-order valence-corrected chi connectivity index (χ2v) is 7.33. The Morgan fingerprint density at radius 2 is 2.20 bits per heavy atom. The van der Waals surface area contributed by atoms with Gasteiger partial charge in [0.1, 0.15) is 17.1 Å². The number of ether oxygens (including phenoxy) is 2. The molecule has 0 aliphatic carbocycles. The summed E-state index contributed by atoms with van der Waals surface area (Å²) in [4.78, 5) is 17.2. The van der Waals surface area contributed by atoms with Crippen LogP contribution in [0.3, 0.4) is 0 Å². The minimum Gasteiger partial charge on any atom is -0.493 e. The summed E-state index contributed by atoms with van der Waals surface area (Å²) in [5, 5.41) is 3.76. The third-order valence-electron chi connectivity index (χ3n) is 4.85. The molecule has 1 aromatic heterocycles. The van der Waals surface area contributed by atoms with E-state index in [1.807, 2.05) is 0 Å². The Hall–Kier alpha value is -2.90. The molecule has 1 amide bonds. The predicted octanol–water partition coefficient (Wildman–Crippen LogP) is 4.38. The van der Waals surface area contributed by atoms with Gasteiger partial charge in [-0.3, -0.25) is 4.79 Å². The van der Waals surface area contributed by atoms with Gasteiger partial charge in [0.2, 0.25) is 5.55 Å². The molecule has 4 rings (SSSR count). The molecule has 2 heterocycles. The molecule has 0 spiro atoms. The van der Waals surface area contributed by atoms with Crippen LogP contribution in [0, 0.1) is 5.82 Å². The Bertz CT molecular complexity index is 1160. The minimum atomic E-state index is -0.622. The quantitative estimate of drug-likeness (QED) is 0.652. The maximum absolute atomic E-state index is 14.3. The lowest BCUT2D eigenvalue weighted by molar-refractivity contribution is 0.0854. The second-order valence-electron chi connectivity index (χ2n) is 6.90. The number of para-hydroxylation sites is 1. The molecule has 0 saturated carbocycles. The Labute approximate surface area is 177 Å². The van der Waals surface area contributed by atoms with Crippen LogP contribution >= 0.6 is 11.6 Å². The topological polar surface area (TPSA) is 73.1 Å². The highest BCUT2D eigenvalue weighted by Crippen LogP contribution is 2.26. The molecule has 0 radical (unpaired) electrons. The summed E-state index contributed by atoms with van der Waals surface area (Å²) in [6.45, 7) is 1.08. The van der Waals surface area contributed by atoms with E-state index in [4.69, 9.17) is 25.5 Å². The molecule has 8 heteroatoms. The number of benzene rings is 2. The molecular formula is C22H20ClFN2O4. The fourth-order valence-electron chi connectivity index (χ4n) is 3.32. The van der Waals surface area contributed by atoms with Gasteiger partial charge in [-0.05, 0) is 43.2 Å². The number of halogens is 2. The summed E-state index contributed by atoms with van der Waals surface area (Å²) in [6, 6.07) is 11.1. The number of nitrogens with zero attached hydrogens (tertiary/aromatic N) is 1. The molecule has 1 unspecified atom stereocenters. The van der Waals surface area contributed by atoms with E-state index >= 15 is 0 Å². The first kappa shape index (κ1) is 20.4.